The normalized spacial score (nSPS) is 25.4. The van der Waals surface area contributed by atoms with E-state index in [-0.39, 0.29) is 5.91 Å². The largest absolute Gasteiger partial charge is 0.341 e. The Morgan fingerprint density at radius 3 is 2.70 bits per heavy atom. The third-order valence-electron chi connectivity index (χ3n) is 2.04. The first-order valence-electron chi connectivity index (χ1n) is 3.67. The smallest absolute Gasteiger partial charge is 0.219 e. The van der Waals surface area contributed by atoms with Crippen LogP contribution < -0.4 is 5.32 Å². The average Bonchev–Trinajstić information content (AvgIpc) is 2.34. The molecule has 0 aromatic carbocycles. The zero-order valence-electron chi connectivity index (χ0n) is 6.55. The average molecular weight is 142 g/mol. The number of carbonyl (C=O) groups is 1. The van der Waals surface area contributed by atoms with Gasteiger partial charge in [0.05, 0.1) is 0 Å². The molecule has 3 heteroatoms. The topological polar surface area (TPSA) is 32.3 Å². The van der Waals surface area contributed by atoms with E-state index in [1.807, 2.05) is 11.9 Å². The highest BCUT2D eigenvalue weighted by Gasteiger charge is 2.21. The number of hydrogen-bond acceptors (Lipinski definition) is 2. The van der Waals surface area contributed by atoms with Crippen molar-refractivity contribution in [2.24, 2.45) is 0 Å². The predicted molar refractivity (Wildman–Crippen MR) is 39.7 cm³/mol. The van der Waals surface area contributed by atoms with Crippen LogP contribution in [0.1, 0.15) is 13.3 Å². The van der Waals surface area contributed by atoms with Gasteiger partial charge in [0.2, 0.25) is 5.91 Å². The molecule has 3 nitrogen and oxygen atoms in total. The zero-order valence-corrected chi connectivity index (χ0v) is 6.55. The maximum absolute atomic E-state index is 10.8. The Kier molecular flexibility index (Phi) is 2.27. The molecule has 10 heavy (non-hydrogen) atoms. The van der Waals surface area contributed by atoms with Crippen molar-refractivity contribution in [2.45, 2.75) is 19.4 Å². The van der Waals surface area contributed by atoms with Gasteiger partial charge in [0, 0.05) is 26.1 Å². The summed E-state index contributed by atoms with van der Waals surface area (Å²) in [6, 6.07) is 0.517. The first-order chi connectivity index (χ1) is 4.74. The maximum Gasteiger partial charge on any atom is 0.219 e. The Morgan fingerprint density at radius 1 is 1.70 bits per heavy atom. The van der Waals surface area contributed by atoms with Crippen LogP contribution in [0, 0.1) is 0 Å². The number of rotatable bonds is 1. The molecule has 1 saturated heterocycles. The second kappa shape index (κ2) is 3.01. The van der Waals surface area contributed by atoms with Crippen LogP contribution in [0.15, 0.2) is 0 Å². The summed E-state index contributed by atoms with van der Waals surface area (Å²) >= 11 is 0. The summed E-state index contributed by atoms with van der Waals surface area (Å²) in [5.74, 6) is 0.192. The predicted octanol–water partition coefficient (Wildman–Crippen LogP) is -0.173. The molecule has 1 atom stereocenters. The SMILES string of the molecule is CN[C@@H]1CCN(C(C)=O)C1. The Labute approximate surface area is 61.4 Å². The molecule has 58 valence electrons. The highest BCUT2D eigenvalue weighted by molar-refractivity contribution is 5.73. The van der Waals surface area contributed by atoms with Gasteiger partial charge in [-0.05, 0) is 13.5 Å². The van der Waals surface area contributed by atoms with Crippen molar-refractivity contribution in [1.29, 1.82) is 0 Å². The number of likely N-dealkylation sites (tertiary alicyclic amines) is 1. The van der Waals surface area contributed by atoms with Crippen LogP contribution >= 0.6 is 0 Å². The van der Waals surface area contributed by atoms with Gasteiger partial charge in [-0.3, -0.25) is 4.79 Å². The van der Waals surface area contributed by atoms with E-state index in [1.165, 1.54) is 0 Å². The summed E-state index contributed by atoms with van der Waals surface area (Å²) in [5.41, 5.74) is 0. The lowest BCUT2D eigenvalue weighted by atomic mass is 10.3. The molecular formula is C7H14N2O. The van der Waals surface area contributed by atoms with Crippen molar-refractivity contribution in [3.8, 4) is 0 Å². The summed E-state index contributed by atoms with van der Waals surface area (Å²) in [6.07, 6.45) is 1.09. The molecule has 0 aromatic rings. The van der Waals surface area contributed by atoms with E-state index < -0.39 is 0 Å². The van der Waals surface area contributed by atoms with Gasteiger partial charge in [-0.1, -0.05) is 0 Å². The van der Waals surface area contributed by atoms with E-state index in [0.717, 1.165) is 19.5 Å². The summed E-state index contributed by atoms with van der Waals surface area (Å²) in [6.45, 7) is 3.42. The molecule has 0 saturated carbocycles. The fraction of sp³-hybridized carbons (Fsp3) is 0.857. The summed E-state index contributed by atoms with van der Waals surface area (Å²) < 4.78 is 0. The highest BCUT2D eigenvalue weighted by atomic mass is 16.2. The van der Waals surface area contributed by atoms with E-state index in [0.29, 0.717) is 6.04 Å². The van der Waals surface area contributed by atoms with Gasteiger partial charge in [-0.2, -0.15) is 0 Å². The summed E-state index contributed by atoms with van der Waals surface area (Å²) in [5, 5.41) is 3.15. The fourth-order valence-corrected chi connectivity index (χ4v) is 1.28. The third kappa shape index (κ3) is 1.48. The van der Waals surface area contributed by atoms with E-state index in [4.69, 9.17) is 0 Å². The molecular weight excluding hydrogens is 128 g/mol. The molecule has 0 spiro atoms. The second-order valence-corrected chi connectivity index (χ2v) is 2.74. The lowest BCUT2D eigenvalue weighted by molar-refractivity contribution is -0.127. The van der Waals surface area contributed by atoms with Gasteiger partial charge in [-0.15, -0.1) is 0 Å². The Balaban J connectivity index is 2.35. The maximum atomic E-state index is 10.8. The van der Waals surface area contributed by atoms with Gasteiger partial charge in [0.25, 0.3) is 0 Å². The van der Waals surface area contributed by atoms with Gasteiger partial charge in [-0.25, -0.2) is 0 Å². The van der Waals surface area contributed by atoms with Crippen molar-refractivity contribution >= 4 is 5.91 Å². The Hall–Kier alpha value is -0.570. The van der Waals surface area contributed by atoms with E-state index in [1.54, 1.807) is 6.92 Å². The molecule has 0 unspecified atom stereocenters. The number of nitrogens with zero attached hydrogens (tertiary/aromatic N) is 1. The van der Waals surface area contributed by atoms with Gasteiger partial charge in [0.15, 0.2) is 0 Å². The monoisotopic (exact) mass is 142 g/mol. The molecule has 1 heterocycles. The van der Waals surface area contributed by atoms with Crippen LogP contribution in [0.5, 0.6) is 0 Å². The van der Waals surface area contributed by atoms with E-state index >= 15 is 0 Å². The van der Waals surface area contributed by atoms with Crippen LogP contribution in [0.25, 0.3) is 0 Å². The molecule has 1 aliphatic rings. The quantitative estimate of drug-likeness (QED) is 0.551. The number of hydrogen-bond donors (Lipinski definition) is 1. The van der Waals surface area contributed by atoms with E-state index in [9.17, 15) is 4.79 Å². The van der Waals surface area contributed by atoms with Crippen molar-refractivity contribution < 1.29 is 4.79 Å². The number of nitrogens with one attached hydrogen (secondary N) is 1. The van der Waals surface area contributed by atoms with Crippen molar-refractivity contribution in [1.82, 2.24) is 10.2 Å². The first kappa shape index (κ1) is 7.54. The summed E-state index contributed by atoms with van der Waals surface area (Å²) in [4.78, 5) is 12.7. The van der Waals surface area contributed by atoms with Gasteiger partial charge < -0.3 is 10.2 Å². The van der Waals surface area contributed by atoms with Crippen LogP contribution in [-0.4, -0.2) is 37.0 Å². The highest BCUT2D eigenvalue weighted by Crippen LogP contribution is 2.07. The molecule has 0 bridgehead atoms. The minimum Gasteiger partial charge on any atom is -0.341 e. The van der Waals surface area contributed by atoms with Crippen LogP contribution in [0.4, 0.5) is 0 Å². The lowest BCUT2D eigenvalue weighted by Crippen LogP contribution is -2.31. The second-order valence-electron chi connectivity index (χ2n) is 2.74. The van der Waals surface area contributed by atoms with Crippen LogP contribution in [0.2, 0.25) is 0 Å². The van der Waals surface area contributed by atoms with Gasteiger partial charge in [0.1, 0.15) is 0 Å². The molecule has 0 aliphatic carbocycles. The standard InChI is InChI=1S/C7H14N2O/c1-6(10)9-4-3-7(5-9)8-2/h7-8H,3-5H2,1-2H3/t7-/m1/s1. The third-order valence-corrected chi connectivity index (χ3v) is 2.04. The minimum atomic E-state index is 0.192. The minimum absolute atomic E-state index is 0.192. The Bertz CT molecular complexity index is 136. The molecule has 1 amide bonds. The number of carbonyl (C=O) groups excluding carboxylic acids is 1. The van der Waals surface area contributed by atoms with Crippen LogP contribution in [0.3, 0.4) is 0 Å². The Morgan fingerprint density at radius 2 is 2.40 bits per heavy atom. The summed E-state index contributed by atoms with van der Waals surface area (Å²) in [7, 11) is 1.94. The van der Waals surface area contributed by atoms with Crippen molar-refractivity contribution in [2.75, 3.05) is 20.1 Å². The lowest BCUT2D eigenvalue weighted by Gasteiger charge is -2.12. The fourth-order valence-electron chi connectivity index (χ4n) is 1.28. The molecule has 0 aromatic heterocycles. The van der Waals surface area contributed by atoms with Crippen molar-refractivity contribution in [3.05, 3.63) is 0 Å². The van der Waals surface area contributed by atoms with Crippen molar-refractivity contribution in [3.63, 3.8) is 0 Å². The molecule has 1 aliphatic heterocycles. The first-order valence-corrected chi connectivity index (χ1v) is 3.67. The number of amides is 1. The molecule has 1 fully saturated rings. The van der Waals surface area contributed by atoms with Crippen LogP contribution in [-0.2, 0) is 4.79 Å². The van der Waals surface area contributed by atoms with E-state index in [2.05, 4.69) is 5.32 Å². The number of likely N-dealkylation sites (N-methyl/N-ethyl adjacent to an activating group) is 1. The molecule has 0 radical (unpaired) electrons. The molecule has 1 N–H and O–H groups in total. The molecule has 1 rings (SSSR count). The zero-order chi connectivity index (χ0) is 7.56. The van der Waals surface area contributed by atoms with Gasteiger partial charge >= 0.3 is 0 Å².